The van der Waals surface area contributed by atoms with Crippen LogP contribution in [0, 0.1) is 5.41 Å². The van der Waals surface area contributed by atoms with E-state index in [1.165, 1.54) is 25.7 Å². The molecule has 0 spiro atoms. The maximum absolute atomic E-state index is 12.1. The predicted molar refractivity (Wildman–Crippen MR) is 77.5 cm³/mol. The van der Waals surface area contributed by atoms with Gasteiger partial charge in [0.2, 0.25) is 0 Å². The number of anilines is 1. The molecular weight excluding hydrogens is 292 g/mol. The summed E-state index contributed by atoms with van der Waals surface area (Å²) in [6, 6.07) is 5.29. The van der Waals surface area contributed by atoms with Crippen LogP contribution in [-0.4, -0.2) is 12.5 Å². The molecule has 1 aromatic carbocycles. The van der Waals surface area contributed by atoms with Crippen LogP contribution in [0.2, 0.25) is 0 Å². The number of carbonyl (C=O) groups excluding carboxylic acids is 1. The Labute approximate surface area is 116 Å². The van der Waals surface area contributed by atoms with Gasteiger partial charge in [0.1, 0.15) is 0 Å². The first-order chi connectivity index (χ1) is 8.48. The van der Waals surface area contributed by atoms with Crippen LogP contribution in [0.25, 0.3) is 0 Å². The molecule has 18 heavy (non-hydrogen) atoms. The lowest BCUT2D eigenvalue weighted by atomic mass is 9.89. The van der Waals surface area contributed by atoms with Crippen LogP contribution in [0.4, 0.5) is 5.69 Å². The highest BCUT2D eigenvalue weighted by atomic mass is 79.9. The highest BCUT2D eigenvalue weighted by Gasteiger charge is 2.28. The van der Waals surface area contributed by atoms with Crippen molar-refractivity contribution in [2.24, 2.45) is 5.41 Å². The molecule has 0 unspecified atom stereocenters. The molecule has 1 aliphatic rings. The molecule has 0 heterocycles. The lowest BCUT2D eigenvalue weighted by Gasteiger charge is -2.23. The zero-order chi connectivity index (χ0) is 13.2. The first kappa shape index (κ1) is 13.4. The van der Waals surface area contributed by atoms with Gasteiger partial charge in [-0.25, -0.2) is 0 Å². The third kappa shape index (κ3) is 3.25. The monoisotopic (exact) mass is 310 g/mol. The van der Waals surface area contributed by atoms with Crippen molar-refractivity contribution in [3.63, 3.8) is 0 Å². The van der Waals surface area contributed by atoms with E-state index in [2.05, 4.69) is 28.2 Å². The fourth-order valence-corrected chi connectivity index (χ4v) is 3.06. The van der Waals surface area contributed by atoms with Gasteiger partial charge in [-0.05, 0) is 36.5 Å². The van der Waals surface area contributed by atoms with Crippen molar-refractivity contribution in [1.82, 2.24) is 5.32 Å². The molecule has 1 aliphatic carbocycles. The number of benzene rings is 1. The predicted octanol–water partition coefficient (Wildman–Crippen LogP) is 3.34. The largest absolute Gasteiger partial charge is 0.399 e. The summed E-state index contributed by atoms with van der Waals surface area (Å²) >= 11 is 3.35. The molecule has 4 heteroatoms. The highest BCUT2D eigenvalue weighted by molar-refractivity contribution is 9.10. The Hall–Kier alpha value is -1.03. The van der Waals surface area contributed by atoms with Gasteiger partial charge in [0.05, 0.1) is 0 Å². The van der Waals surface area contributed by atoms with E-state index in [0.717, 1.165) is 11.0 Å². The maximum Gasteiger partial charge on any atom is 0.251 e. The van der Waals surface area contributed by atoms with Gasteiger partial charge in [0.25, 0.3) is 5.91 Å². The van der Waals surface area contributed by atoms with Gasteiger partial charge in [-0.1, -0.05) is 35.7 Å². The minimum Gasteiger partial charge on any atom is -0.399 e. The molecule has 2 rings (SSSR count). The van der Waals surface area contributed by atoms with Crippen molar-refractivity contribution in [2.75, 3.05) is 12.3 Å². The third-order valence-electron chi connectivity index (χ3n) is 3.67. The minimum atomic E-state index is -0.0453. The Balaban J connectivity index is 1.99. The van der Waals surface area contributed by atoms with Crippen LogP contribution >= 0.6 is 15.9 Å². The molecule has 1 fully saturated rings. The number of hydrogen-bond donors (Lipinski definition) is 2. The number of hydrogen-bond acceptors (Lipinski definition) is 2. The molecule has 0 radical (unpaired) electrons. The lowest BCUT2D eigenvalue weighted by Crippen LogP contribution is -2.34. The topological polar surface area (TPSA) is 55.1 Å². The molecule has 1 amide bonds. The fourth-order valence-electron chi connectivity index (χ4n) is 2.54. The fraction of sp³-hybridized carbons (Fsp3) is 0.500. The van der Waals surface area contributed by atoms with Gasteiger partial charge >= 0.3 is 0 Å². The lowest BCUT2D eigenvalue weighted by molar-refractivity contribution is 0.0934. The molecule has 3 N–H and O–H groups in total. The minimum absolute atomic E-state index is 0.0453. The second kappa shape index (κ2) is 5.31. The molecule has 0 aliphatic heterocycles. The smallest absolute Gasteiger partial charge is 0.251 e. The van der Waals surface area contributed by atoms with Gasteiger partial charge < -0.3 is 11.1 Å². The second-order valence-electron chi connectivity index (χ2n) is 5.47. The van der Waals surface area contributed by atoms with Crippen molar-refractivity contribution < 1.29 is 4.79 Å². The SMILES string of the molecule is CC1(CNC(=O)c2cc(N)cc(Br)c2)CCCC1. The van der Waals surface area contributed by atoms with Gasteiger partial charge in [0, 0.05) is 22.3 Å². The number of halogens is 1. The summed E-state index contributed by atoms with van der Waals surface area (Å²) in [5, 5.41) is 3.02. The molecule has 0 bridgehead atoms. The molecule has 0 atom stereocenters. The normalized spacial score (nSPS) is 17.7. The van der Waals surface area contributed by atoms with Gasteiger partial charge in [-0.3, -0.25) is 4.79 Å². The Morgan fingerprint density at radius 3 is 2.67 bits per heavy atom. The summed E-state index contributed by atoms with van der Waals surface area (Å²) < 4.78 is 0.833. The van der Waals surface area contributed by atoms with Crippen LogP contribution in [0.15, 0.2) is 22.7 Å². The van der Waals surface area contributed by atoms with E-state index in [9.17, 15) is 4.79 Å². The van der Waals surface area contributed by atoms with E-state index in [4.69, 9.17) is 5.73 Å². The average molecular weight is 311 g/mol. The van der Waals surface area contributed by atoms with E-state index in [1.807, 2.05) is 0 Å². The van der Waals surface area contributed by atoms with Crippen molar-refractivity contribution in [1.29, 1.82) is 0 Å². The molecule has 1 aromatic rings. The van der Waals surface area contributed by atoms with Crippen LogP contribution in [0.5, 0.6) is 0 Å². The average Bonchev–Trinajstić information content (AvgIpc) is 2.72. The number of nitrogens with one attached hydrogen (secondary N) is 1. The summed E-state index contributed by atoms with van der Waals surface area (Å²) in [7, 11) is 0. The Bertz CT molecular complexity index is 433. The van der Waals surface area contributed by atoms with Crippen LogP contribution < -0.4 is 11.1 Å². The molecule has 0 aromatic heterocycles. The van der Waals surface area contributed by atoms with Crippen LogP contribution in [-0.2, 0) is 0 Å². The van der Waals surface area contributed by atoms with Crippen molar-refractivity contribution in [3.05, 3.63) is 28.2 Å². The number of nitrogen functional groups attached to an aromatic ring is 1. The van der Waals surface area contributed by atoms with Crippen LogP contribution in [0.1, 0.15) is 43.0 Å². The molecule has 3 nitrogen and oxygen atoms in total. The first-order valence-electron chi connectivity index (χ1n) is 6.33. The number of carbonyl (C=O) groups is 1. The summed E-state index contributed by atoms with van der Waals surface area (Å²) in [6.45, 7) is 2.99. The standard InChI is InChI=1S/C14H19BrN2O/c1-14(4-2-3-5-14)9-17-13(18)10-6-11(15)8-12(16)7-10/h6-8H,2-5,9,16H2,1H3,(H,17,18). The highest BCUT2D eigenvalue weighted by Crippen LogP contribution is 2.36. The Morgan fingerprint density at radius 1 is 1.39 bits per heavy atom. The summed E-state index contributed by atoms with van der Waals surface area (Å²) in [5.74, 6) is -0.0453. The van der Waals surface area contributed by atoms with E-state index in [1.54, 1.807) is 18.2 Å². The Morgan fingerprint density at radius 2 is 2.06 bits per heavy atom. The number of rotatable bonds is 3. The van der Waals surface area contributed by atoms with Gasteiger partial charge in [-0.2, -0.15) is 0 Å². The molecule has 1 saturated carbocycles. The molecular formula is C14H19BrN2O. The quantitative estimate of drug-likeness (QED) is 0.841. The first-order valence-corrected chi connectivity index (χ1v) is 7.12. The maximum atomic E-state index is 12.1. The summed E-state index contributed by atoms with van der Waals surface area (Å²) in [6.07, 6.45) is 4.95. The van der Waals surface area contributed by atoms with Crippen molar-refractivity contribution >= 4 is 27.5 Å². The molecule has 0 saturated heterocycles. The van der Waals surface area contributed by atoms with E-state index in [0.29, 0.717) is 11.3 Å². The van der Waals surface area contributed by atoms with Crippen LogP contribution in [0.3, 0.4) is 0 Å². The zero-order valence-corrected chi connectivity index (χ0v) is 12.2. The third-order valence-corrected chi connectivity index (χ3v) is 4.13. The van der Waals surface area contributed by atoms with E-state index >= 15 is 0 Å². The number of nitrogens with two attached hydrogens (primary N) is 1. The molecule has 98 valence electrons. The van der Waals surface area contributed by atoms with Gasteiger partial charge in [-0.15, -0.1) is 0 Å². The number of amides is 1. The van der Waals surface area contributed by atoms with Crippen molar-refractivity contribution in [3.8, 4) is 0 Å². The summed E-state index contributed by atoms with van der Waals surface area (Å²) in [4.78, 5) is 12.1. The summed E-state index contributed by atoms with van der Waals surface area (Å²) in [5.41, 5.74) is 7.22. The zero-order valence-electron chi connectivity index (χ0n) is 10.6. The second-order valence-corrected chi connectivity index (χ2v) is 6.39. The van der Waals surface area contributed by atoms with Gasteiger partial charge in [0.15, 0.2) is 0 Å². The Kier molecular flexibility index (Phi) is 3.95. The van der Waals surface area contributed by atoms with E-state index < -0.39 is 0 Å². The van der Waals surface area contributed by atoms with E-state index in [-0.39, 0.29) is 11.3 Å². The van der Waals surface area contributed by atoms with Crippen molar-refractivity contribution in [2.45, 2.75) is 32.6 Å².